The Balaban J connectivity index is 1.95. The standard InChI is InChI=1S/C14H19N3OS/c1-9(2)15-7-6-13(18)17-14-16-11-5-4-10(3)8-12(11)19-14/h4-5,8-9,15H,6-7H2,1-3H3,(H,16,17,18). The Kier molecular flexibility index (Phi) is 4.50. The van der Waals surface area contributed by atoms with Crippen molar-refractivity contribution in [3.05, 3.63) is 23.8 Å². The molecule has 1 aromatic carbocycles. The van der Waals surface area contributed by atoms with Crippen molar-refractivity contribution in [2.45, 2.75) is 33.2 Å². The number of fused-ring (bicyclic) bond motifs is 1. The fourth-order valence-electron chi connectivity index (χ4n) is 1.74. The summed E-state index contributed by atoms with van der Waals surface area (Å²) < 4.78 is 1.11. The molecule has 0 aliphatic carbocycles. The van der Waals surface area contributed by atoms with E-state index in [0.717, 1.165) is 10.2 Å². The zero-order chi connectivity index (χ0) is 13.8. The average molecular weight is 277 g/mol. The lowest BCUT2D eigenvalue weighted by molar-refractivity contribution is -0.116. The van der Waals surface area contributed by atoms with Gasteiger partial charge in [0.2, 0.25) is 5.91 Å². The number of aryl methyl sites for hydroxylation is 1. The third-order valence-electron chi connectivity index (χ3n) is 2.69. The molecule has 0 spiro atoms. The van der Waals surface area contributed by atoms with E-state index >= 15 is 0 Å². The van der Waals surface area contributed by atoms with Crippen molar-refractivity contribution in [1.29, 1.82) is 0 Å². The maximum Gasteiger partial charge on any atom is 0.227 e. The molecule has 1 aromatic heterocycles. The average Bonchev–Trinajstić information content (AvgIpc) is 2.69. The first-order valence-corrected chi connectivity index (χ1v) is 7.26. The van der Waals surface area contributed by atoms with Gasteiger partial charge in [-0.25, -0.2) is 4.98 Å². The van der Waals surface area contributed by atoms with Gasteiger partial charge in [0.15, 0.2) is 5.13 Å². The number of amides is 1. The molecule has 0 aliphatic heterocycles. The van der Waals surface area contributed by atoms with Crippen LogP contribution in [0, 0.1) is 6.92 Å². The van der Waals surface area contributed by atoms with Gasteiger partial charge >= 0.3 is 0 Å². The highest BCUT2D eigenvalue weighted by Crippen LogP contribution is 2.26. The summed E-state index contributed by atoms with van der Waals surface area (Å²) in [4.78, 5) is 16.2. The Morgan fingerprint density at radius 1 is 1.42 bits per heavy atom. The molecule has 2 aromatic rings. The lowest BCUT2D eigenvalue weighted by Crippen LogP contribution is -2.27. The summed E-state index contributed by atoms with van der Waals surface area (Å²) in [5.74, 6) is 0.00364. The van der Waals surface area contributed by atoms with E-state index in [1.807, 2.05) is 12.1 Å². The minimum absolute atomic E-state index is 0.00364. The summed E-state index contributed by atoms with van der Waals surface area (Å²) in [6.07, 6.45) is 0.465. The SMILES string of the molecule is Cc1ccc2nc(NC(=O)CCNC(C)C)sc2c1. The van der Waals surface area contributed by atoms with Crippen LogP contribution < -0.4 is 10.6 Å². The molecule has 0 saturated carbocycles. The Bertz CT molecular complexity index is 577. The third kappa shape index (κ3) is 4.01. The van der Waals surface area contributed by atoms with E-state index in [9.17, 15) is 4.79 Å². The predicted molar refractivity (Wildman–Crippen MR) is 80.7 cm³/mol. The van der Waals surface area contributed by atoms with E-state index in [4.69, 9.17) is 0 Å². The number of carbonyl (C=O) groups excluding carboxylic acids is 1. The number of nitrogens with one attached hydrogen (secondary N) is 2. The fraction of sp³-hybridized carbons (Fsp3) is 0.429. The van der Waals surface area contributed by atoms with Crippen LogP contribution in [-0.2, 0) is 4.79 Å². The van der Waals surface area contributed by atoms with Gasteiger partial charge in [-0.05, 0) is 24.6 Å². The summed E-state index contributed by atoms with van der Waals surface area (Å²) in [5.41, 5.74) is 2.14. The molecule has 0 saturated heterocycles. The molecule has 4 nitrogen and oxygen atoms in total. The Labute approximate surface area is 117 Å². The molecule has 2 N–H and O–H groups in total. The minimum atomic E-state index is 0.00364. The minimum Gasteiger partial charge on any atom is -0.314 e. The number of aromatic nitrogens is 1. The molecule has 0 aliphatic rings. The maximum absolute atomic E-state index is 11.8. The molecule has 102 valence electrons. The van der Waals surface area contributed by atoms with Crippen molar-refractivity contribution >= 4 is 32.6 Å². The molecule has 0 bridgehead atoms. The maximum atomic E-state index is 11.8. The smallest absolute Gasteiger partial charge is 0.227 e. The second kappa shape index (κ2) is 6.12. The highest BCUT2D eigenvalue weighted by molar-refractivity contribution is 7.22. The number of nitrogens with zero attached hydrogens (tertiary/aromatic N) is 1. The number of hydrogen-bond donors (Lipinski definition) is 2. The first-order chi connectivity index (χ1) is 9.04. The summed E-state index contributed by atoms with van der Waals surface area (Å²) in [5, 5.41) is 6.75. The fourth-order valence-corrected chi connectivity index (χ4v) is 2.72. The van der Waals surface area contributed by atoms with Crippen LogP contribution in [-0.4, -0.2) is 23.5 Å². The topological polar surface area (TPSA) is 54.0 Å². The van der Waals surface area contributed by atoms with Gasteiger partial charge in [-0.3, -0.25) is 4.79 Å². The lowest BCUT2D eigenvalue weighted by Gasteiger charge is -2.06. The largest absolute Gasteiger partial charge is 0.314 e. The number of benzene rings is 1. The quantitative estimate of drug-likeness (QED) is 0.883. The molecule has 19 heavy (non-hydrogen) atoms. The zero-order valence-corrected chi connectivity index (χ0v) is 12.3. The molecule has 5 heteroatoms. The van der Waals surface area contributed by atoms with Crippen LogP contribution in [0.5, 0.6) is 0 Å². The van der Waals surface area contributed by atoms with Gasteiger partial charge < -0.3 is 10.6 Å². The summed E-state index contributed by atoms with van der Waals surface area (Å²) in [6.45, 7) is 6.87. The van der Waals surface area contributed by atoms with Crippen LogP contribution >= 0.6 is 11.3 Å². The van der Waals surface area contributed by atoms with E-state index in [2.05, 4.69) is 42.5 Å². The van der Waals surface area contributed by atoms with Gasteiger partial charge in [-0.1, -0.05) is 31.3 Å². The van der Waals surface area contributed by atoms with Crippen molar-refractivity contribution in [2.24, 2.45) is 0 Å². The van der Waals surface area contributed by atoms with Crippen LogP contribution in [0.15, 0.2) is 18.2 Å². The van der Waals surface area contributed by atoms with Crippen LogP contribution in [0.25, 0.3) is 10.2 Å². The normalized spacial score (nSPS) is 11.2. The first kappa shape index (κ1) is 14.0. The van der Waals surface area contributed by atoms with E-state index < -0.39 is 0 Å². The molecule has 0 fully saturated rings. The first-order valence-electron chi connectivity index (χ1n) is 6.45. The second-order valence-corrected chi connectivity index (χ2v) is 5.93. The van der Waals surface area contributed by atoms with Gasteiger partial charge in [-0.15, -0.1) is 0 Å². The highest BCUT2D eigenvalue weighted by atomic mass is 32.1. The predicted octanol–water partition coefficient (Wildman–Crippen LogP) is 2.93. The molecular formula is C14H19N3OS. The monoisotopic (exact) mass is 277 g/mol. The van der Waals surface area contributed by atoms with E-state index in [-0.39, 0.29) is 5.91 Å². The highest BCUT2D eigenvalue weighted by Gasteiger charge is 2.07. The Morgan fingerprint density at radius 2 is 2.21 bits per heavy atom. The van der Waals surface area contributed by atoms with E-state index in [0.29, 0.717) is 24.1 Å². The number of anilines is 1. The van der Waals surface area contributed by atoms with Crippen molar-refractivity contribution < 1.29 is 4.79 Å². The van der Waals surface area contributed by atoms with Gasteiger partial charge in [-0.2, -0.15) is 0 Å². The van der Waals surface area contributed by atoms with Crippen LogP contribution in [0.2, 0.25) is 0 Å². The molecule has 2 rings (SSSR count). The van der Waals surface area contributed by atoms with Crippen LogP contribution in [0.4, 0.5) is 5.13 Å². The number of rotatable bonds is 5. The summed E-state index contributed by atoms with van der Waals surface area (Å²) in [6, 6.07) is 6.50. The van der Waals surface area contributed by atoms with Gasteiger partial charge in [0, 0.05) is 19.0 Å². The van der Waals surface area contributed by atoms with Gasteiger partial charge in [0.25, 0.3) is 0 Å². The molecule has 0 radical (unpaired) electrons. The summed E-state index contributed by atoms with van der Waals surface area (Å²) in [7, 11) is 0. The lowest BCUT2D eigenvalue weighted by atomic mass is 10.2. The molecule has 1 amide bonds. The Hall–Kier alpha value is -1.46. The molecular weight excluding hydrogens is 258 g/mol. The molecule has 0 unspecified atom stereocenters. The number of thiazole rings is 1. The summed E-state index contributed by atoms with van der Waals surface area (Å²) >= 11 is 1.52. The number of hydrogen-bond acceptors (Lipinski definition) is 4. The van der Waals surface area contributed by atoms with Crippen molar-refractivity contribution in [3.8, 4) is 0 Å². The number of carbonyl (C=O) groups is 1. The van der Waals surface area contributed by atoms with E-state index in [1.54, 1.807) is 0 Å². The van der Waals surface area contributed by atoms with E-state index in [1.165, 1.54) is 16.9 Å². The molecule has 0 atom stereocenters. The van der Waals surface area contributed by atoms with Crippen LogP contribution in [0.3, 0.4) is 0 Å². The zero-order valence-electron chi connectivity index (χ0n) is 11.5. The third-order valence-corrected chi connectivity index (χ3v) is 3.63. The van der Waals surface area contributed by atoms with Crippen molar-refractivity contribution in [3.63, 3.8) is 0 Å². The van der Waals surface area contributed by atoms with Crippen molar-refractivity contribution in [2.75, 3.05) is 11.9 Å². The van der Waals surface area contributed by atoms with Gasteiger partial charge in [0.1, 0.15) is 0 Å². The van der Waals surface area contributed by atoms with Gasteiger partial charge in [0.05, 0.1) is 10.2 Å². The Morgan fingerprint density at radius 3 is 2.95 bits per heavy atom. The van der Waals surface area contributed by atoms with Crippen LogP contribution in [0.1, 0.15) is 25.8 Å². The van der Waals surface area contributed by atoms with Crippen molar-refractivity contribution in [1.82, 2.24) is 10.3 Å². The molecule has 1 heterocycles. The second-order valence-electron chi connectivity index (χ2n) is 4.90.